The number of amides is 1. The molecule has 0 spiro atoms. The monoisotopic (exact) mass is 278 g/mol. The van der Waals surface area contributed by atoms with Crippen molar-refractivity contribution in [1.82, 2.24) is 5.32 Å². The summed E-state index contributed by atoms with van der Waals surface area (Å²) < 4.78 is 12.3. The van der Waals surface area contributed by atoms with Gasteiger partial charge in [-0.3, -0.25) is 14.4 Å². The van der Waals surface area contributed by atoms with Gasteiger partial charge in [-0.25, -0.2) is 9.24 Å². The maximum Gasteiger partial charge on any atom is 0.305 e. The van der Waals surface area contributed by atoms with Crippen LogP contribution in [0, 0.1) is 6.57 Å². The Hall–Kier alpha value is -2.75. The van der Waals surface area contributed by atoms with Crippen LogP contribution in [-0.2, 0) is 9.59 Å². The molecule has 104 valence electrons. The van der Waals surface area contributed by atoms with Gasteiger partial charge in [0.1, 0.15) is 12.7 Å². The third-order valence-electron chi connectivity index (χ3n) is 2.46. The van der Waals surface area contributed by atoms with Crippen LogP contribution in [0.2, 0.25) is 0 Å². The van der Waals surface area contributed by atoms with Crippen molar-refractivity contribution >= 4 is 23.3 Å². The van der Waals surface area contributed by atoms with Crippen molar-refractivity contribution in [3.05, 3.63) is 41.2 Å². The number of hydrogen-bond donors (Lipinski definition) is 2. The molecule has 1 aromatic carbocycles. The van der Waals surface area contributed by atoms with E-state index in [1.807, 2.05) is 0 Å². The van der Waals surface area contributed by atoms with Gasteiger partial charge < -0.3 is 10.4 Å². The molecule has 1 amide bonds. The molecule has 0 radical (unpaired) electrons. The van der Waals surface area contributed by atoms with E-state index in [9.17, 15) is 18.8 Å². The number of halogens is 1. The molecule has 0 bridgehead atoms. The predicted molar refractivity (Wildman–Crippen MR) is 67.2 cm³/mol. The highest BCUT2D eigenvalue weighted by Crippen LogP contribution is 2.12. The lowest BCUT2D eigenvalue weighted by Crippen LogP contribution is -2.43. The molecule has 0 aliphatic heterocycles. The van der Waals surface area contributed by atoms with Crippen molar-refractivity contribution in [1.29, 1.82) is 0 Å². The number of Topliss-reactive ketones (excluding diaryl/α,β-unsaturated/α-hetero) is 1. The number of carbonyl (C=O) groups excluding carboxylic acids is 2. The Morgan fingerprint density at radius 3 is 2.35 bits per heavy atom. The van der Waals surface area contributed by atoms with Gasteiger partial charge in [-0.05, 0) is 0 Å². The molecule has 7 heteroatoms. The highest BCUT2D eigenvalue weighted by molar-refractivity contribution is 5.99. The van der Waals surface area contributed by atoms with Crippen molar-refractivity contribution in [2.45, 2.75) is 12.5 Å². The molecule has 1 atom stereocenters. The third kappa shape index (κ3) is 4.17. The maximum absolute atomic E-state index is 12.3. The number of carbonyl (C=O) groups is 3. The Kier molecular flexibility index (Phi) is 5.35. The van der Waals surface area contributed by atoms with Gasteiger partial charge >= 0.3 is 5.97 Å². The fourth-order valence-corrected chi connectivity index (χ4v) is 1.44. The molecular weight excluding hydrogens is 267 g/mol. The van der Waals surface area contributed by atoms with Gasteiger partial charge in [-0.2, -0.15) is 0 Å². The van der Waals surface area contributed by atoms with Crippen LogP contribution in [0.15, 0.2) is 24.3 Å². The van der Waals surface area contributed by atoms with E-state index in [2.05, 4.69) is 10.2 Å². The van der Waals surface area contributed by atoms with E-state index in [1.54, 1.807) is 0 Å². The molecule has 0 aliphatic carbocycles. The number of rotatable bonds is 6. The van der Waals surface area contributed by atoms with Crippen LogP contribution in [0.5, 0.6) is 0 Å². The smallest absolute Gasteiger partial charge is 0.305 e. The summed E-state index contributed by atoms with van der Waals surface area (Å²) in [4.78, 5) is 36.7. The summed E-state index contributed by atoms with van der Waals surface area (Å²) in [5, 5.41) is 10.8. The Balaban J connectivity index is 2.81. The lowest BCUT2D eigenvalue weighted by atomic mass is 10.1. The quantitative estimate of drug-likeness (QED) is 0.769. The van der Waals surface area contributed by atoms with Crippen LogP contribution in [0.25, 0.3) is 4.85 Å². The number of benzene rings is 1. The SMILES string of the molecule is [C-]#[N+]c1ccc(C(=O)NC(CC(=O)O)C(=O)CF)cc1. The van der Waals surface area contributed by atoms with Crippen LogP contribution < -0.4 is 5.32 Å². The number of carboxylic acids is 1. The average Bonchev–Trinajstić information content (AvgIpc) is 2.45. The Bertz CT molecular complexity index is 563. The molecule has 0 aromatic heterocycles. The summed E-state index contributed by atoms with van der Waals surface area (Å²) in [5.74, 6) is -3.02. The lowest BCUT2D eigenvalue weighted by molar-refractivity contribution is -0.139. The van der Waals surface area contributed by atoms with Crippen LogP contribution in [-0.4, -0.2) is 35.5 Å². The van der Waals surface area contributed by atoms with Crippen LogP contribution in [0.4, 0.5) is 10.1 Å². The molecule has 0 fully saturated rings. The second kappa shape index (κ2) is 6.99. The summed E-state index contributed by atoms with van der Waals surface area (Å²) in [6, 6.07) is 4.13. The fraction of sp³-hybridized carbons (Fsp3) is 0.231. The minimum atomic E-state index is -1.41. The van der Waals surface area contributed by atoms with E-state index in [1.165, 1.54) is 24.3 Å². The zero-order valence-corrected chi connectivity index (χ0v) is 10.3. The van der Waals surface area contributed by atoms with Crippen LogP contribution >= 0.6 is 0 Å². The molecule has 1 rings (SSSR count). The number of nitrogens with zero attached hydrogens (tertiary/aromatic N) is 1. The number of carboxylic acid groups (broad SMARTS) is 1. The predicted octanol–water partition coefficient (Wildman–Crippen LogP) is 1.35. The average molecular weight is 278 g/mol. The molecule has 2 N–H and O–H groups in total. The molecular formula is C13H11FN2O4. The first-order valence-electron chi connectivity index (χ1n) is 5.56. The first-order valence-corrected chi connectivity index (χ1v) is 5.56. The summed E-state index contributed by atoms with van der Waals surface area (Å²) in [5.41, 5.74) is 0.489. The van der Waals surface area contributed by atoms with Crippen molar-refractivity contribution in [3.8, 4) is 0 Å². The van der Waals surface area contributed by atoms with E-state index in [0.717, 1.165) is 0 Å². The summed E-state index contributed by atoms with van der Waals surface area (Å²) >= 11 is 0. The summed E-state index contributed by atoms with van der Waals surface area (Å²) in [6.07, 6.45) is -0.686. The van der Waals surface area contributed by atoms with Crippen molar-refractivity contribution in [2.75, 3.05) is 6.67 Å². The van der Waals surface area contributed by atoms with Gasteiger partial charge in [0.2, 0.25) is 0 Å². The Labute approximate surface area is 114 Å². The third-order valence-corrected chi connectivity index (χ3v) is 2.46. The molecule has 1 aromatic rings. The van der Waals surface area contributed by atoms with Gasteiger partial charge in [0.25, 0.3) is 5.91 Å². The molecule has 0 saturated carbocycles. The number of alkyl halides is 1. The Morgan fingerprint density at radius 2 is 1.90 bits per heavy atom. The number of nitrogens with one attached hydrogen (secondary N) is 1. The zero-order chi connectivity index (χ0) is 15.1. The number of ketones is 1. The molecule has 0 aliphatic rings. The van der Waals surface area contributed by atoms with E-state index in [-0.39, 0.29) is 5.56 Å². The van der Waals surface area contributed by atoms with Gasteiger partial charge in [0.15, 0.2) is 11.5 Å². The second-order valence-electron chi connectivity index (χ2n) is 3.88. The normalized spacial score (nSPS) is 11.2. The topological polar surface area (TPSA) is 87.8 Å². The van der Waals surface area contributed by atoms with E-state index >= 15 is 0 Å². The number of hydrogen-bond acceptors (Lipinski definition) is 3. The molecule has 1 unspecified atom stereocenters. The van der Waals surface area contributed by atoms with E-state index < -0.39 is 36.8 Å². The number of aliphatic carboxylic acids is 1. The second-order valence-corrected chi connectivity index (χ2v) is 3.88. The van der Waals surface area contributed by atoms with E-state index in [0.29, 0.717) is 5.69 Å². The first kappa shape index (κ1) is 15.3. The lowest BCUT2D eigenvalue weighted by Gasteiger charge is -2.14. The van der Waals surface area contributed by atoms with Gasteiger partial charge in [0, 0.05) is 5.56 Å². The fourth-order valence-electron chi connectivity index (χ4n) is 1.44. The van der Waals surface area contributed by atoms with Crippen LogP contribution in [0.1, 0.15) is 16.8 Å². The highest BCUT2D eigenvalue weighted by Gasteiger charge is 2.23. The van der Waals surface area contributed by atoms with Crippen molar-refractivity contribution in [2.24, 2.45) is 0 Å². The standard InChI is InChI=1S/C13H11FN2O4/c1-15-9-4-2-8(3-5-9)13(20)16-10(6-12(18)19)11(17)7-14/h2-5,10H,6-7H2,(H,16,20)(H,18,19). The van der Waals surface area contributed by atoms with Crippen LogP contribution in [0.3, 0.4) is 0 Å². The zero-order valence-electron chi connectivity index (χ0n) is 10.3. The van der Waals surface area contributed by atoms with E-state index in [4.69, 9.17) is 11.7 Å². The summed E-state index contributed by atoms with van der Waals surface area (Å²) in [6.45, 7) is 5.41. The summed E-state index contributed by atoms with van der Waals surface area (Å²) in [7, 11) is 0. The van der Waals surface area contributed by atoms with Crippen molar-refractivity contribution < 1.29 is 23.9 Å². The Morgan fingerprint density at radius 1 is 1.30 bits per heavy atom. The molecule has 0 heterocycles. The molecule has 6 nitrogen and oxygen atoms in total. The minimum Gasteiger partial charge on any atom is -0.481 e. The molecule has 0 saturated heterocycles. The van der Waals surface area contributed by atoms with Gasteiger partial charge in [0.05, 0.1) is 13.0 Å². The minimum absolute atomic E-state index is 0.152. The van der Waals surface area contributed by atoms with Gasteiger partial charge in [-0.1, -0.05) is 24.3 Å². The maximum atomic E-state index is 12.3. The first-order chi connectivity index (χ1) is 9.47. The largest absolute Gasteiger partial charge is 0.481 e. The van der Waals surface area contributed by atoms with Crippen molar-refractivity contribution in [3.63, 3.8) is 0 Å². The molecule has 20 heavy (non-hydrogen) atoms. The highest BCUT2D eigenvalue weighted by atomic mass is 19.1. The van der Waals surface area contributed by atoms with Gasteiger partial charge in [-0.15, -0.1) is 0 Å².